The number of benzene rings is 3. The minimum Gasteiger partial charge on any atom is -0.493 e. The second kappa shape index (κ2) is 15.8. The summed E-state index contributed by atoms with van der Waals surface area (Å²) in [5, 5.41) is 3.18. The first kappa shape index (κ1) is 33.8. The fraction of sp³-hybridized carbons (Fsp3) is 0.429. The van der Waals surface area contributed by atoms with Crippen molar-refractivity contribution in [3.63, 3.8) is 0 Å². The van der Waals surface area contributed by atoms with Crippen molar-refractivity contribution >= 4 is 27.5 Å². The summed E-state index contributed by atoms with van der Waals surface area (Å²) in [6, 6.07) is 20.4. The van der Waals surface area contributed by atoms with Crippen LogP contribution in [0.4, 0.5) is 5.69 Å². The fourth-order valence-corrected chi connectivity index (χ4v) is 7.21. The third-order valence-corrected chi connectivity index (χ3v) is 10.1. The smallest absolute Gasteiger partial charge is 0.264 e. The second-order valence-electron chi connectivity index (χ2n) is 11.5. The first-order chi connectivity index (χ1) is 21.7. The van der Waals surface area contributed by atoms with Gasteiger partial charge in [0, 0.05) is 18.7 Å². The number of aryl methyl sites for hydroxylation is 1. The monoisotopic (exact) mass is 635 g/mol. The molecule has 1 N–H and O–H groups in total. The minimum absolute atomic E-state index is 0.0496. The number of hydrogen-bond acceptors (Lipinski definition) is 6. The van der Waals surface area contributed by atoms with E-state index in [9.17, 15) is 18.0 Å². The van der Waals surface area contributed by atoms with Gasteiger partial charge in [-0.3, -0.25) is 13.9 Å². The zero-order chi connectivity index (χ0) is 32.4. The molecule has 0 aromatic heterocycles. The molecule has 1 aliphatic carbocycles. The van der Waals surface area contributed by atoms with E-state index in [2.05, 4.69) is 5.32 Å². The van der Waals surface area contributed by atoms with E-state index in [0.717, 1.165) is 47.5 Å². The van der Waals surface area contributed by atoms with Crippen LogP contribution in [0.3, 0.4) is 0 Å². The van der Waals surface area contributed by atoms with E-state index in [-0.39, 0.29) is 29.1 Å². The van der Waals surface area contributed by atoms with Crippen molar-refractivity contribution < 1.29 is 27.5 Å². The van der Waals surface area contributed by atoms with Crippen LogP contribution in [0, 0.1) is 6.92 Å². The quantitative estimate of drug-likeness (QED) is 0.251. The largest absolute Gasteiger partial charge is 0.493 e. The Labute approximate surface area is 267 Å². The molecule has 4 rings (SSSR count). The van der Waals surface area contributed by atoms with Crippen LogP contribution in [0.5, 0.6) is 11.5 Å². The van der Waals surface area contributed by atoms with Gasteiger partial charge < -0.3 is 19.7 Å². The Morgan fingerprint density at radius 1 is 0.911 bits per heavy atom. The number of hydrogen-bond donors (Lipinski definition) is 1. The lowest BCUT2D eigenvalue weighted by molar-refractivity contribution is -0.140. The number of methoxy groups -OCH3 is 2. The molecule has 10 heteroatoms. The van der Waals surface area contributed by atoms with Crippen molar-refractivity contribution in [1.29, 1.82) is 0 Å². The van der Waals surface area contributed by atoms with Crippen molar-refractivity contribution in [2.45, 2.75) is 75.8 Å². The van der Waals surface area contributed by atoms with E-state index >= 15 is 0 Å². The second-order valence-corrected chi connectivity index (χ2v) is 13.3. The summed E-state index contributed by atoms with van der Waals surface area (Å²) in [5.41, 5.74) is 2.31. The van der Waals surface area contributed by atoms with Gasteiger partial charge >= 0.3 is 0 Å². The maximum Gasteiger partial charge on any atom is 0.264 e. The van der Waals surface area contributed by atoms with Crippen molar-refractivity contribution in [1.82, 2.24) is 10.2 Å². The number of ether oxygens (including phenoxy) is 2. The summed E-state index contributed by atoms with van der Waals surface area (Å²) in [5.74, 6) is -0.0170. The Morgan fingerprint density at radius 2 is 1.58 bits per heavy atom. The minimum atomic E-state index is -4.25. The molecule has 0 unspecified atom stereocenters. The van der Waals surface area contributed by atoms with Crippen LogP contribution in [0.25, 0.3) is 0 Å². The van der Waals surface area contributed by atoms with E-state index in [1.165, 1.54) is 32.4 Å². The maximum absolute atomic E-state index is 14.3. The Hall–Kier alpha value is -4.05. The third kappa shape index (κ3) is 8.57. The SMILES string of the molecule is CC[C@H](C(=O)NC1CCCCC1)N(CCc1ccccc1)C(=O)CN(c1ccc(C)cc1)S(=O)(=O)c1ccc(OC)c(OC)c1. The van der Waals surface area contributed by atoms with Crippen molar-refractivity contribution in [3.8, 4) is 11.5 Å². The molecule has 45 heavy (non-hydrogen) atoms. The highest BCUT2D eigenvalue weighted by Crippen LogP contribution is 2.32. The van der Waals surface area contributed by atoms with Crippen LogP contribution in [-0.2, 0) is 26.0 Å². The van der Waals surface area contributed by atoms with Gasteiger partial charge in [-0.1, -0.05) is 74.2 Å². The highest BCUT2D eigenvalue weighted by molar-refractivity contribution is 7.92. The summed E-state index contributed by atoms with van der Waals surface area (Å²) in [6.07, 6.45) is 6.05. The number of carbonyl (C=O) groups is 2. The molecule has 3 aromatic rings. The normalized spacial score (nSPS) is 14.3. The maximum atomic E-state index is 14.3. The van der Waals surface area contributed by atoms with Gasteiger partial charge in [0.1, 0.15) is 12.6 Å². The molecule has 0 bridgehead atoms. The average molecular weight is 636 g/mol. The molecule has 9 nitrogen and oxygen atoms in total. The van der Waals surface area contributed by atoms with Crippen molar-refractivity contribution in [2.75, 3.05) is 31.6 Å². The molecule has 2 amide bonds. The number of anilines is 1. The fourth-order valence-electron chi connectivity index (χ4n) is 5.78. The molecule has 242 valence electrons. The number of sulfonamides is 1. The van der Waals surface area contributed by atoms with Crippen LogP contribution in [0.15, 0.2) is 77.7 Å². The predicted molar refractivity (Wildman–Crippen MR) is 176 cm³/mol. The van der Waals surface area contributed by atoms with Crippen LogP contribution in [0.1, 0.15) is 56.6 Å². The van der Waals surface area contributed by atoms with Gasteiger partial charge in [0.25, 0.3) is 10.0 Å². The third-order valence-electron chi connectivity index (χ3n) is 8.37. The van der Waals surface area contributed by atoms with Gasteiger partial charge in [-0.2, -0.15) is 0 Å². The number of carbonyl (C=O) groups excluding carboxylic acids is 2. The molecule has 1 fully saturated rings. The number of nitrogens with one attached hydrogen (secondary N) is 1. The van der Waals surface area contributed by atoms with Crippen LogP contribution in [-0.4, -0.2) is 64.5 Å². The lowest BCUT2D eigenvalue weighted by atomic mass is 9.95. The topological polar surface area (TPSA) is 105 Å². The predicted octanol–water partition coefficient (Wildman–Crippen LogP) is 5.51. The number of rotatable bonds is 14. The average Bonchev–Trinajstić information content (AvgIpc) is 3.06. The Bertz CT molecular complexity index is 1520. The molecular formula is C35H45N3O6S. The first-order valence-electron chi connectivity index (χ1n) is 15.6. The molecule has 0 spiro atoms. The lowest BCUT2D eigenvalue weighted by Gasteiger charge is -2.34. The highest BCUT2D eigenvalue weighted by atomic mass is 32.2. The van der Waals surface area contributed by atoms with Gasteiger partial charge in [-0.25, -0.2) is 8.42 Å². The highest BCUT2D eigenvalue weighted by Gasteiger charge is 2.34. The van der Waals surface area contributed by atoms with Gasteiger partial charge in [0.05, 0.1) is 24.8 Å². The zero-order valence-electron chi connectivity index (χ0n) is 26.7. The Kier molecular flexibility index (Phi) is 11.9. The Balaban J connectivity index is 1.69. The van der Waals surface area contributed by atoms with Crippen molar-refractivity contribution in [3.05, 3.63) is 83.9 Å². The lowest BCUT2D eigenvalue weighted by Crippen LogP contribution is -2.54. The van der Waals surface area contributed by atoms with Gasteiger partial charge in [0.2, 0.25) is 11.8 Å². The van der Waals surface area contributed by atoms with Gasteiger partial charge in [-0.05, 0) is 62.4 Å². The van der Waals surface area contributed by atoms with Crippen LogP contribution >= 0.6 is 0 Å². The molecule has 1 saturated carbocycles. The zero-order valence-corrected chi connectivity index (χ0v) is 27.5. The summed E-state index contributed by atoms with van der Waals surface area (Å²) in [4.78, 5) is 29.5. The Morgan fingerprint density at radius 3 is 2.20 bits per heavy atom. The van der Waals surface area contributed by atoms with Crippen LogP contribution in [0.2, 0.25) is 0 Å². The molecule has 0 aliphatic heterocycles. The van der Waals surface area contributed by atoms with E-state index in [4.69, 9.17) is 9.47 Å². The van der Waals surface area contributed by atoms with Crippen LogP contribution < -0.4 is 19.1 Å². The number of nitrogens with zero attached hydrogens (tertiary/aromatic N) is 2. The van der Waals surface area contributed by atoms with E-state index < -0.39 is 28.5 Å². The molecular weight excluding hydrogens is 590 g/mol. The summed E-state index contributed by atoms with van der Waals surface area (Å²) in [7, 11) is -1.34. The molecule has 1 aliphatic rings. The number of amides is 2. The van der Waals surface area contributed by atoms with Gasteiger partial charge in [-0.15, -0.1) is 0 Å². The van der Waals surface area contributed by atoms with E-state index in [1.807, 2.05) is 44.2 Å². The molecule has 1 atom stereocenters. The molecule has 3 aromatic carbocycles. The summed E-state index contributed by atoms with van der Waals surface area (Å²) < 4.78 is 40.3. The van der Waals surface area contributed by atoms with Gasteiger partial charge in [0.15, 0.2) is 11.5 Å². The standard InChI is InChI=1S/C35H45N3O6S/c1-5-31(35(40)36-28-14-10-7-11-15-28)37(23-22-27-12-8-6-9-13-27)34(39)25-38(29-18-16-26(2)17-19-29)45(41,42)30-20-21-32(43-3)33(24-30)44-4/h6,8-9,12-13,16-21,24,28,31H,5,7,10-11,14-15,22-23,25H2,1-4H3,(H,36,40)/t31-/m1/s1. The van der Waals surface area contributed by atoms with E-state index in [0.29, 0.717) is 24.3 Å². The first-order valence-corrected chi connectivity index (χ1v) is 17.1. The molecule has 0 heterocycles. The van der Waals surface area contributed by atoms with E-state index in [1.54, 1.807) is 29.2 Å². The summed E-state index contributed by atoms with van der Waals surface area (Å²) >= 11 is 0. The molecule has 0 radical (unpaired) electrons. The summed E-state index contributed by atoms with van der Waals surface area (Å²) in [6.45, 7) is 3.57. The van der Waals surface area contributed by atoms with Crippen molar-refractivity contribution in [2.24, 2.45) is 0 Å². The molecule has 0 saturated heterocycles.